The Kier molecular flexibility index (Phi) is 5.24. The van der Waals surface area contributed by atoms with Gasteiger partial charge >= 0.3 is 11.8 Å². The van der Waals surface area contributed by atoms with Crippen molar-refractivity contribution in [3.05, 3.63) is 81.5 Å². The number of benzene rings is 2. The van der Waals surface area contributed by atoms with Crippen LogP contribution in [0.2, 0.25) is 0 Å². The van der Waals surface area contributed by atoms with E-state index in [1.54, 1.807) is 45.0 Å². The number of thiophene rings is 1. The minimum Gasteiger partial charge on any atom is -0.444 e. The molecule has 0 saturated heterocycles. The first-order chi connectivity index (χ1) is 14.7. The standard InChI is InChI=1S/C23H21N3O4S/c1-23(2,3)30-22(29)24-15-9-11-16(12-10-15)26-20(27)19-17(25-21(26)28)13-18(31-19)14-7-5-4-6-8-14/h4-13H,1-3H3,(H,24,29)(H,25,28). The summed E-state index contributed by atoms with van der Waals surface area (Å²) in [4.78, 5) is 41.3. The molecule has 0 fully saturated rings. The first-order valence-corrected chi connectivity index (χ1v) is 10.5. The molecular weight excluding hydrogens is 414 g/mol. The second-order valence-corrected chi connectivity index (χ2v) is 9.02. The van der Waals surface area contributed by atoms with Gasteiger partial charge in [-0.25, -0.2) is 14.2 Å². The van der Waals surface area contributed by atoms with E-state index < -0.39 is 22.9 Å². The second-order valence-electron chi connectivity index (χ2n) is 7.96. The van der Waals surface area contributed by atoms with E-state index in [0.29, 0.717) is 21.6 Å². The monoisotopic (exact) mass is 435 g/mol. The molecule has 1 amide bonds. The van der Waals surface area contributed by atoms with Crippen LogP contribution in [0.3, 0.4) is 0 Å². The van der Waals surface area contributed by atoms with Crippen LogP contribution in [-0.2, 0) is 4.74 Å². The molecule has 0 bridgehead atoms. The number of H-pyrrole nitrogens is 1. The number of fused-ring (bicyclic) bond motifs is 1. The number of carbonyl (C=O) groups excluding carboxylic acids is 1. The number of amides is 1. The van der Waals surface area contributed by atoms with Crippen molar-refractivity contribution in [3.8, 4) is 16.1 Å². The molecule has 158 valence electrons. The van der Waals surface area contributed by atoms with Crippen molar-refractivity contribution < 1.29 is 9.53 Å². The molecule has 0 atom stereocenters. The number of ether oxygens (including phenoxy) is 1. The molecule has 2 aromatic carbocycles. The van der Waals surface area contributed by atoms with Crippen molar-refractivity contribution in [2.24, 2.45) is 0 Å². The largest absolute Gasteiger partial charge is 0.444 e. The lowest BCUT2D eigenvalue weighted by Crippen LogP contribution is -2.33. The number of hydrogen-bond acceptors (Lipinski definition) is 5. The highest BCUT2D eigenvalue weighted by atomic mass is 32.1. The first-order valence-electron chi connectivity index (χ1n) is 9.66. The summed E-state index contributed by atoms with van der Waals surface area (Å²) in [6.45, 7) is 5.33. The van der Waals surface area contributed by atoms with Crippen LogP contribution in [0.15, 0.2) is 70.3 Å². The third-order valence-electron chi connectivity index (χ3n) is 4.40. The Morgan fingerprint density at radius 3 is 2.35 bits per heavy atom. The Hall–Kier alpha value is -3.65. The molecule has 31 heavy (non-hydrogen) atoms. The Morgan fingerprint density at radius 1 is 1.03 bits per heavy atom. The van der Waals surface area contributed by atoms with Gasteiger partial charge in [-0.2, -0.15) is 0 Å². The number of carbonyl (C=O) groups is 1. The van der Waals surface area contributed by atoms with Gasteiger partial charge < -0.3 is 9.72 Å². The average Bonchev–Trinajstić information content (AvgIpc) is 3.13. The Morgan fingerprint density at radius 2 is 1.71 bits per heavy atom. The molecule has 4 aromatic rings. The molecule has 0 aliphatic carbocycles. The summed E-state index contributed by atoms with van der Waals surface area (Å²) in [6.07, 6.45) is -0.580. The quantitative estimate of drug-likeness (QED) is 0.485. The van der Waals surface area contributed by atoms with Gasteiger partial charge in [-0.3, -0.25) is 10.1 Å². The van der Waals surface area contributed by atoms with Crippen LogP contribution in [0, 0.1) is 0 Å². The molecule has 2 aromatic heterocycles. The molecule has 2 heterocycles. The van der Waals surface area contributed by atoms with E-state index in [-0.39, 0.29) is 0 Å². The highest BCUT2D eigenvalue weighted by Crippen LogP contribution is 2.30. The highest BCUT2D eigenvalue weighted by molar-refractivity contribution is 7.22. The third-order valence-corrected chi connectivity index (χ3v) is 5.58. The number of hydrogen-bond donors (Lipinski definition) is 2. The zero-order valence-electron chi connectivity index (χ0n) is 17.3. The predicted molar refractivity (Wildman–Crippen MR) is 123 cm³/mol. The molecule has 4 rings (SSSR count). The summed E-state index contributed by atoms with van der Waals surface area (Å²) in [5.74, 6) is 0. The SMILES string of the molecule is CC(C)(C)OC(=O)Nc1ccc(-n2c(=O)[nH]c3cc(-c4ccccc4)sc3c2=O)cc1. The topological polar surface area (TPSA) is 93.2 Å². The maximum atomic E-state index is 13.1. The number of nitrogens with one attached hydrogen (secondary N) is 2. The van der Waals surface area contributed by atoms with E-state index in [1.807, 2.05) is 36.4 Å². The molecule has 0 aliphatic rings. The summed E-state index contributed by atoms with van der Waals surface area (Å²) in [5, 5.41) is 2.63. The number of aromatic amines is 1. The molecule has 7 nitrogen and oxygen atoms in total. The molecule has 0 aliphatic heterocycles. The smallest absolute Gasteiger partial charge is 0.412 e. The molecule has 8 heteroatoms. The summed E-state index contributed by atoms with van der Waals surface area (Å²) < 4.78 is 6.78. The van der Waals surface area contributed by atoms with Gasteiger partial charge in [0.25, 0.3) is 5.56 Å². The van der Waals surface area contributed by atoms with E-state index in [1.165, 1.54) is 11.3 Å². The number of rotatable bonds is 3. The molecule has 0 saturated carbocycles. The zero-order valence-corrected chi connectivity index (χ0v) is 18.1. The van der Waals surface area contributed by atoms with Gasteiger partial charge in [-0.15, -0.1) is 11.3 Å². The minimum absolute atomic E-state index is 0.390. The van der Waals surface area contributed by atoms with Gasteiger partial charge in [-0.05, 0) is 56.7 Å². The molecular formula is C23H21N3O4S. The molecule has 2 N–H and O–H groups in total. The fourth-order valence-corrected chi connectivity index (χ4v) is 4.15. The van der Waals surface area contributed by atoms with Gasteiger partial charge in [0.1, 0.15) is 10.3 Å². The second kappa shape index (κ2) is 7.88. The van der Waals surface area contributed by atoms with Gasteiger partial charge in [0.15, 0.2) is 0 Å². The fourth-order valence-electron chi connectivity index (χ4n) is 3.10. The average molecular weight is 436 g/mol. The highest BCUT2D eigenvalue weighted by Gasteiger charge is 2.17. The first kappa shape index (κ1) is 20.6. The van der Waals surface area contributed by atoms with E-state index in [9.17, 15) is 14.4 Å². The van der Waals surface area contributed by atoms with Crippen LogP contribution in [0.1, 0.15) is 20.8 Å². The van der Waals surface area contributed by atoms with E-state index in [4.69, 9.17) is 4.74 Å². The van der Waals surface area contributed by atoms with Crippen molar-refractivity contribution >= 4 is 33.3 Å². The van der Waals surface area contributed by atoms with Crippen LogP contribution < -0.4 is 16.6 Å². The van der Waals surface area contributed by atoms with Crippen molar-refractivity contribution in [2.75, 3.05) is 5.32 Å². The summed E-state index contributed by atoms with van der Waals surface area (Å²) >= 11 is 1.33. The lowest BCUT2D eigenvalue weighted by atomic mass is 10.2. The predicted octanol–water partition coefficient (Wildman–Crippen LogP) is 4.75. The van der Waals surface area contributed by atoms with Crippen LogP contribution in [0.25, 0.3) is 26.3 Å². The summed E-state index contributed by atoms with van der Waals surface area (Å²) in [7, 11) is 0. The van der Waals surface area contributed by atoms with Crippen LogP contribution in [0.4, 0.5) is 10.5 Å². The molecule has 0 spiro atoms. The molecule has 0 unspecified atom stereocenters. The zero-order chi connectivity index (χ0) is 22.2. The van der Waals surface area contributed by atoms with Crippen LogP contribution >= 0.6 is 11.3 Å². The van der Waals surface area contributed by atoms with Gasteiger partial charge in [0, 0.05) is 10.6 Å². The Balaban J connectivity index is 1.67. The van der Waals surface area contributed by atoms with Gasteiger partial charge in [-0.1, -0.05) is 30.3 Å². The van der Waals surface area contributed by atoms with Crippen LogP contribution in [0.5, 0.6) is 0 Å². The van der Waals surface area contributed by atoms with E-state index in [2.05, 4.69) is 10.3 Å². The summed E-state index contributed by atoms with van der Waals surface area (Å²) in [6, 6.07) is 17.9. The lowest BCUT2D eigenvalue weighted by molar-refractivity contribution is 0.0636. The normalized spacial score (nSPS) is 11.5. The number of nitrogens with zero attached hydrogens (tertiary/aromatic N) is 1. The van der Waals surface area contributed by atoms with Crippen molar-refractivity contribution in [3.63, 3.8) is 0 Å². The number of anilines is 1. The minimum atomic E-state index is -0.612. The van der Waals surface area contributed by atoms with Crippen molar-refractivity contribution in [1.29, 1.82) is 0 Å². The molecule has 0 radical (unpaired) electrons. The van der Waals surface area contributed by atoms with Crippen molar-refractivity contribution in [2.45, 2.75) is 26.4 Å². The van der Waals surface area contributed by atoms with Crippen LogP contribution in [-0.4, -0.2) is 21.2 Å². The van der Waals surface area contributed by atoms with Gasteiger partial charge in [0.2, 0.25) is 0 Å². The van der Waals surface area contributed by atoms with Gasteiger partial charge in [0.05, 0.1) is 11.2 Å². The van der Waals surface area contributed by atoms with E-state index >= 15 is 0 Å². The summed E-state index contributed by atoms with van der Waals surface area (Å²) in [5.41, 5.74) is 0.857. The Labute approximate surface area is 181 Å². The Bertz CT molecular complexity index is 1360. The maximum Gasteiger partial charge on any atom is 0.412 e. The maximum absolute atomic E-state index is 13.1. The van der Waals surface area contributed by atoms with E-state index in [0.717, 1.165) is 15.0 Å². The fraction of sp³-hybridized carbons (Fsp3) is 0.174. The van der Waals surface area contributed by atoms with Crippen molar-refractivity contribution in [1.82, 2.24) is 9.55 Å². The lowest BCUT2D eigenvalue weighted by Gasteiger charge is -2.19. The third kappa shape index (κ3) is 4.44. The number of aromatic nitrogens is 2.